The third-order valence-electron chi connectivity index (χ3n) is 3.35. The van der Waals surface area contributed by atoms with Crippen LogP contribution in [-0.2, 0) is 0 Å². The zero-order chi connectivity index (χ0) is 15.3. The van der Waals surface area contributed by atoms with Crippen LogP contribution in [0.5, 0.6) is 5.88 Å². The topological polar surface area (TPSA) is 73.1 Å². The molecule has 0 amide bonds. The minimum Gasteiger partial charge on any atom is -0.478 e. The number of anilines is 2. The van der Waals surface area contributed by atoms with Crippen LogP contribution in [0.15, 0.2) is 6.07 Å². The summed E-state index contributed by atoms with van der Waals surface area (Å²) in [5.41, 5.74) is 5.66. The monoisotopic (exact) mass is 294 g/mol. The fourth-order valence-electron chi connectivity index (χ4n) is 2.23. The molecule has 1 aromatic heterocycles. The molecule has 0 aromatic carbocycles. The number of nitrogens with one attached hydrogen (secondary N) is 1. The molecule has 3 N–H and O–H groups in total. The zero-order valence-corrected chi connectivity index (χ0v) is 13.5. The third-order valence-corrected chi connectivity index (χ3v) is 3.35. The number of aromatic nitrogens is 2. The molecule has 0 radical (unpaired) electrons. The first kappa shape index (κ1) is 17.5. The summed E-state index contributed by atoms with van der Waals surface area (Å²) in [5.74, 6) is 1.52. The van der Waals surface area contributed by atoms with Crippen LogP contribution in [0.3, 0.4) is 0 Å². The quantitative estimate of drug-likeness (QED) is 0.570. The van der Waals surface area contributed by atoms with E-state index >= 15 is 0 Å². The molecule has 0 unspecified atom stereocenters. The van der Waals surface area contributed by atoms with Gasteiger partial charge in [0.05, 0.1) is 6.61 Å². The van der Waals surface area contributed by atoms with E-state index in [9.17, 15) is 0 Å². The van der Waals surface area contributed by atoms with Gasteiger partial charge in [-0.2, -0.15) is 9.97 Å². The van der Waals surface area contributed by atoms with Gasteiger partial charge in [0.25, 0.3) is 0 Å². The lowest BCUT2D eigenvalue weighted by atomic mass is 10.1. The summed E-state index contributed by atoms with van der Waals surface area (Å²) in [6.45, 7) is 5.67. The van der Waals surface area contributed by atoms with E-state index in [-0.39, 0.29) is 5.95 Å². The Labute approximate surface area is 128 Å². The number of hydrogen-bond donors (Lipinski definition) is 2. The number of nitrogens with two attached hydrogens (primary N) is 1. The van der Waals surface area contributed by atoms with Gasteiger partial charge in [-0.05, 0) is 13.3 Å². The van der Waals surface area contributed by atoms with Gasteiger partial charge in [-0.15, -0.1) is 0 Å². The summed E-state index contributed by atoms with van der Waals surface area (Å²) in [7, 11) is 0. The summed E-state index contributed by atoms with van der Waals surface area (Å²) in [6, 6.07) is 1.80. The van der Waals surface area contributed by atoms with Crippen molar-refractivity contribution in [2.24, 2.45) is 0 Å². The van der Waals surface area contributed by atoms with Crippen molar-refractivity contribution in [3.05, 3.63) is 6.07 Å². The van der Waals surface area contributed by atoms with Gasteiger partial charge in [0.1, 0.15) is 5.82 Å². The Morgan fingerprint density at radius 3 is 2.33 bits per heavy atom. The Kier molecular flexibility index (Phi) is 9.33. The van der Waals surface area contributed by atoms with Gasteiger partial charge in [-0.3, -0.25) is 0 Å². The van der Waals surface area contributed by atoms with Gasteiger partial charge in [0, 0.05) is 12.6 Å². The maximum Gasteiger partial charge on any atom is 0.225 e. The summed E-state index contributed by atoms with van der Waals surface area (Å²) in [4.78, 5) is 8.18. The van der Waals surface area contributed by atoms with Crippen molar-refractivity contribution in [3.8, 4) is 5.88 Å². The number of hydrogen-bond acceptors (Lipinski definition) is 5. The average Bonchev–Trinajstić information content (AvgIpc) is 2.45. The first-order chi connectivity index (χ1) is 10.3. The molecule has 5 heteroatoms. The van der Waals surface area contributed by atoms with Crippen LogP contribution in [0.25, 0.3) is 0 Å². The van der Waals surface area contributed by atoms with Crippen molar-refractivity contribution >= 4 is 11.8 Å². The molecule has 0 aliphatic carbocycles. The smallest absolute Gasteiger partial charge is 0.225 e. The van der Waals surface area contributed by atoms with E-state index in [2.05, 4.69) is 22.2 Å². The second-order valence-electron chi connectivity index (χ2n) is 5.28. The van der Waals surface area contributed by atoms with Gasteiger partial charge in [0.2, 0.25) is 11.8 Å². The van der Waals surface area contributed by atoms with Gasteiger partial charge in [-0.1, -0.05) is 51.9 Å². The van der Waals surface area contributed by atoms with Crippen molar-refractivity contribution in [1.82, 2.24) is 9.97 Å². The second kappa shape index (κ2) is 11.2. The highest BCUT2D eigenvalue weighted by atomic mass is 16.5. The molecular formula is C16H30N4O. The number of nitrogens with zero attached hydrogens (tertiary/aromatic N) is 2. The number of rotatable bonds is 12. The molecule has 1 heterocycles. The van der Waals surface area contributed by atoms with E-state index in [1.165, 1.54) is 44.9 Å². The molecule has 120 valence electrons. The predicted octanol–water partition coefficient (Wildman–Crippen LogP) is 4.01. The largest absolute Gasteiger partial charge is 0.478 e. The lowest BCUT2D eigenvalue weighted by Crippen LogP contribution is -2.07. The van der Waals surface area contributed by atoms with E-state index < -0.39 is 0 Å². The maximum absolute atomic E-state index is 5.66. The summed E-state index contributed by atoms with van der Waals surface area (Å²) < 4.78 is 5.35. The predicted molar refractivity (Wildman–Crippen MR) is 88.7 cm³/mol. The molecule has 0 aliphatic rings. The average molecular weight is 294 g/mol. The van der Waals surface area contributed by atoms with E-state index in [1.54, 1.807) is 6.07 Å². The highest BCUT2D eigenvalue weighted by Gasteiger charge is 2.02. The van der Waals surface area contributed by atoms with Crippen LogP contribution in [0.1, 0.15) is 65.2 Å². The molecular weight excluding hydrogens is 264 g/mol. The normalized spacial score (nSPS) is 10.6. The molecule has 0 spiro atoms. The van der Waals surface area contributed by atoms with Gasteiger partial charge >= 0.3 is 0 Å². The number of unbranched alkanes of at least 4 members (excludes halogenated alkanes) is 7. The standard InChI is InChI=1S/C16H30N4O/c1-3-5-6-7-8-9-10-11-12-18-14-13-15(21-4-2)20-16(17)19-14/h13H,3-12H2,1-2H3,(H3,17,18,19,20). The van der Waals surface area contributed by atoms with E-state index in [4.69, 9.17) is 10.5 Å². The van der Waals surface area contributed by atoms with Crippen LogP contribution in [0.4, 0.5) is 11.8 Å². The van der Waals surface area contributed by atoms with Crippen molar-refractivity contribution < 1.29 is 4.74 Å². The van der Waals surface area contributed by atoms with Crippen LogP contribution in [0.2, 0.25) is 0 Å². The minimum atomic E-state index is 0.249. The minimum absolute atomic E-state index is 0.249. The van der Waals surface area contributed by atoms with Crippen molar-refractivity contribution in [1.29, 1.82) is 0 Å². The maximum atomic E-state index is 5.66. The SMILES string of the molecule is CCCCCCCCCCNc1cc(OCC)nc(N)n1. The summed E-state index contributed by atoms with van der Waals surface area (Å²) in [5, 5.41) is 3.28. The van der Waals surface area contributed by atoms with Gasteiger partial charge < -0.3 is 15.8 Å². The molecule has 0 atom stereocenters. The van der Waals surface area contributed by atoms with Gasteiger partial charge in [0.15, 0.2) is 0 Å². The fraction of sp³-hybridized carbons (Fsp3) is 0.750. The molecule has 0 aliphatic heterocycles. The highest BCUT2D eigenvalue weighted by Crippen LogP contribution is 2.15. The lowest BCUT2D eigenvalue weighted by Gasteiger charge is -2.08. The lowest BCUT2D eigenvalue weighted by molar-refractivity contribution is 0.327. The molecule has 1 aromatic rings. The van der Waals surface area contributed by atoms with E-state index in [0.717, 1.165) is 18.8 Å². The van der Waals surface area contributed by atoms with Crippen LogP contribution in [-0.4, -0.2) is 23.1 Å². The fourth-order valence-corrected chi connectivity index (χ4v) is 2.23. The first-order valence-electron chi connectivity index (χ1n) is 8.27. The Bertz CT molecular complexity index is 385. The molecule has 0 fully saturated rings. The zero-order valence-electron chi connectivity index (χ0n) is 13.5. The number of nitrogen functional groups attached to an aromatic ring is 1. The summed E-state index contributed by atoms with van der Waals surface area (Å²) in [6.07, 6.45) is 10.5. The molecule has 5 nitrogen and oxygen atoms in total. The highest BCUT2D eigenvalue weighted by molar-refractivity contribution is 5.42. The molecule has 0 saturated carbocycles. The summed E-state index contributed by atoms with van der Waals surface area (Å²) >= 11 is 0. The van der Waals surface area contributed by atoms with Crippen molar-refractivity contribution in [3.63, 3.8) is 0 Å². The Morgan fingerprint density at radius 1 is 1.00 bits per heavy atom. The van der Waals surface area contributed by atoms with Crippen LogP contribution < -0.4 is 15.8 Å². The Hall–Kier alpha value is -1.52. The van der Waals surface area contributed by atoms with Crippen molar-refractivity contribution in [2.45, 2.75) is 65.2 Å². The first-order valence-corrected chi connectivity index (χ1v) is 8.27. The third kappa shape index (κ3) is 8.38. The second-order valence-corrected chi connectivity index (χ2v) is 5.28. The van der Waals surface area contributed by atoms with Crippen LogP contribution in [0, 0.1) is 0 Å². The molecule has 1 rings (SSSR count). The Balaban J connectivity index is 2.12. The van der Waals surface area contributed by atoms with Gasteiger partial charge in [-0.25, -0.2) is 0 Å². The molecule has 0 saturated heterocycles. The number of ether oxygens (including phenoxy) is 1. The Morgan fingerprint density at radius 2 is 1.67 bits per heavy atom. The van der Waals surface area contributed by atoms with Crippen LogP contribution >= 0.6 is 0 Å². The molecule has 0 bridgehead atoms. The van der Waals surface area contributed by atoms with E-state index in [1.807, 2.05) is 6.92 Å². The van der Waals surface area contributed by atoms with Crippen molar-refractivity contribution in [2.75, 3.05) is 24.2 Å². The molecule has 21 heavy (non-hydrogen) atoms. The van der Waals surface area contributed by atoms with E-state index in [0.29, 0.717) is 12.5 Å².